The second-order valence-corrected chi connectivity index (χ2v) is 6.86. The van der Waals surface area contributed by atoms with Crippen LogP contribution in [0.5, 0.6) is 5.75 Å². The SMILES string of the molecule is O=C(CSc1n[nH]c(COc2ccccc2F)n1)c1ccc(Br)cc1. The Bertz CT molecular complexity index is 870. The number of ether oxygens (including phenoxy) is 1. The summed E-state index contributed by atoms with van der Waals surface area (Å²) in [5, 5.41) is 7.19. The molecule has 0 unspecified atom stereocenters. The lowest BCUT2D eigenvalue weighted by Crippen LogP contribution is -2.02. The molecule has 0 amide bonds. The number of H-pyrrole nitrogens is 1. The summed E-state index contributed by atoms with van der Waals surface area (Å²) in [4.78, 5) is 16.3. The number of nitrogens with one attached hydrogen (secondary N) is 1. The molecule has 3 aromatic rings. The predicted octanol–water partition coefficient (Wildman–Crippen LogP) is 4.26. The molecule has 0 aliphatic carbocycles. The van der Waals surface area contributed by atoms with E-state index in [1.54, 1.807) is 24.3 Å². The van der Waals surface area contributed by atoms with Gasteiger partial charge in [0.2, 0.25) is 5.16 Å². The summed E-state index contributed by atoms with van der Waals surface area (Å²) >= 11 is 4.56. The summed E-state index contributed by atoms with van der Waals surface area (Å²) in [7, 11) is 0. The van der Waals surface area contributed by atoms with Crippen LogP contribution >= 0.6 is 27.7 Å². The fraction of sp³-hybridized carbons (Fsp3) is 0.118. The van der Waals surface area contributed by atoms with Crippen LogP contribution < -0.4 is 4.74 Å². The molecule has 2 aromatic carbocycles. The molecule has 0 aliphatic rings. The van der Waals surface area contributed by atoms with Crippen LogP contribution in [0.4, 0.5) is 4.39 Å². The molecule has 0 saturated heterocycles. The number of Topliss-reactive ketones (excluding diaryl/α,β-unsaturated/α-hetero) is 1. The van der Waals surface area contributed by atoms with E-state index in [0.717, 1.165) is 4.47 Å². The van der Waals surface area contributed by atoms with Crippen molar-refractivity contribution in [3.05, 3.63) is 70.2 Å². The summed E-state index contributed by atoms with van der Waals surface area (Å²) in [5.74, 6) is 0.399. The molecule has 5 nitrogen and oxygen atoms in total. The van der Waals surface area contributed by atoms with Crippen molar-refractivity contribution >= 4 is 33.5 Å². The largest absolute Gasteiger partial charge is 0.483 e. The van der Waals surface area contributed by atoms with E-state index in [2.05, 4.69) is 31.1 Å². The van der Waals surface area contributed by atoms with Gasteiger partial charge in [0.25, 0.3) is 0 Å². The van der Waals surface area contributed by atoms with Crippen molar-refractivity contribution in [2.75, 3.05) is 5.75 Å². The summed E-state index contributed by atoms with van der Waals surface area (Å²) in [6.45, 7) is 0.0646. The standard InChI is InChI=1S/C17H13BrFN3O2S/c18-12-7-5-11(6-8-12)14(23)10-25-17-20-16(21-22-17)9-24-15-4-2-1-3-13(15)19/h1-8H,9-10H2,(H,20,21,22). The lowest BCUT2D eigenvalue weighted by atomic mass is 10.2. The minimum atomic E-state index is -0.434. The zero-order chi connectivity index (χ0) is 17.6. The van der Waals surface area contributed by atoms with E-state index >= 15 is 0 Å². The van der Waals surface area contributed by atoms with E-state index in [0.29, 0.717) is 16.5 Å². The molecule has 8 heteroatoms. The van der Waals surface area contributed by atoms with Crippen molar-refractivity contribution in [1.29, 1.82) is 0 Å². The highest BCUT2D eigenvalue weighted by atomic mass is 79.9. The van der Waals surface area contributed by atoms with Crippen LogP contribution in [0.1, 0.15) is 16.2 Å². The van der Waals surface area contributed by atoms with Gasteiger partial charge in [-0.25, -0.2) is 9.37 Å². The van der Waals surface area contributed by atoms with E-state index in [-0.39, 0.29) is 23.9 Å². The number of aromatic amines is 1. The number of thioether (sulfide) groups is 1. The van der Waals surface area contributed by atoms with Crippen molar-refractivity contribution in [2.45, 2.75) is 11.8 Å². The molecular formula is C17H13BrFN3O2S. The number of carbonyl (C=O) groups excluding carboxylic acids is 1. The van der Waals surface area contributed by atoms with E-state index < -0.39 is 5.82 Å². The summed E-state index contributed by atoms with van der Waals surface area (Å²) in [5.41, 5.74) is 0.634. The minimum absolute atomic E-state index is 0.00791. The van der Waals surface area contributed by atoms with Crippen LogP contribution in [0.2, 0.25) is 0 Å². The van der Waals surface area contributed by atoms with Gasteiger partial charge in [-0.15, -0.1) is 5.10 Å². The summed E-state index contributed by atoms with van der Waals surface area (Å²) < 4.78 is 19.8. The third kappa shape index (κ3) is 4.90. The molecule has 25 heavy (non-hydrogen) atoms. The predicted molar refractivity (Wildman–Crippen MR) is 96.3 cm³/mol. The van der Waals surface area contributed by atoms with E-state index in [4.69, 9.17) is 4.74 Å². The number of nitrogens with zero attached hydrogens (tertiary/aromatic N) is 2. The number of rotatable bonds is 7. The average molecular weight is 422 g/mol. The maximum atomic E-state index is 13.5. The van der Waals surface area contributed by atoms with Gasteiger partial charge in [0, 0.05) is 10.0 Å². The molecule has 1 N–H and O–H groups in total. The molecular weight excluding hydrogens is 409 g/mol. The molecule has 0 fully saturated rings. The first-order chi connectivity index (χ1) is 12.1. The molecule has 0 aliphatic heterocycles. The molecule has 1 aromatic heterocycles. The third-order valence-electron chi connectivity index (χ3n) is 3.21. The first-order valence-corrected chi connectivity index (χ1v) is 9.10. The molecule has 0 spiro atoms. The Morgan fingerprint density at radius 1 is 1.20 bits per heavy atom. The highest BCUT2D eigenvalue weighted by Gasteiger charge is 2.10. The lowest BCUT2D eigenvalue weighted by Gasteiger charge is -2.04. The molecule has 0 radical (unpaired) electrons. The molecule has 128 valence electrons. The zero-order valence-corrected chi connectivity index (χ0v) is 15.3. The number of halogens is 2. The Balaban J connectivity index is 1.52. The van der Waals surface area contributed by atoms with Gasteiger partial charge < -0.3 is 4.74 Å². The summed E-state index contributed by atoms with van der Waals surface area (Å²) in [6.07, 6.45) is 0. The van der Waals surface area contributed by atoms with Crippen molar-refractivity contribution < 1.29 is 13.9 Å². The van der Waals surface area contributed by atoms with Crippen LogP contribution in [0.15, 0.2) is 58.2 Å². The molecule has 0 atom stereocenters. The van der Waals surface area contributed by atoms with Crippen LogP contribution in [-0.4, -0.2) is 26.7 Å². The van der Waals surface area contributed by atoms with Crippen LogP contribution in [0.3, 0.4) is 0 Å². The van der Waals surface area contributed by atoms with Gasteiger partial charge in [0.1, 0.15) is 6.61 Å². The molecule has 1 heterocycles. The third-order valence-corrected chi connectivity index (χ3v) is 4.59. The van der Waals surface area contributed by atoms with Gasteiger partial charge in [-0.05, 0) is 24.3 Å². The number of aromatic nitrogens is 3. The van der Waals surface area contributed by atoms with Gasteiger partial charge in [0.15, 0.2) is 23.2 Å². The first kappa shape index (κ1) is 17.6. The normalized spacial score (nSPS) is 10.6. The van der Waals surface area contributed by atoms with Gasteiger partial charge in [-0.2, -0.15) is 0 Å². The van der Waals surface area contributed by atoms with Crippen LogP contribution in [-0.2, 0) is 6.61 Å². The average Bonchev–Trinajstić information content (AvgIpc) is 3.07. The maximum Gasteiger partial charge on any atom is 0.208 e. The van der Waals surface area contributed by atoms with E-state index in [1.807, 2.05) is 12.1 Å². The smallest absolute Gasteiger partial charge is 0.208 e. The first-order valence-electron chi connectivity index (χ1n) is 7.32. The quantitative estimate of drug-likeness (QED) is 0.455. The molecule has 0 bridgehead atoms. The second kappa shape index (κ2) is 8.26. The number of carbonyl (C=O) groups is 1. The molecule has 0 saturated carbocycles. The topological polar surface area (TPSA) is 67.9 Å². The fourth-order valence-corrected chi connectivity index (χ4v) is 2.94. The van der Waals surface area contributed by atoms with Crippen molar-refractivity contribution in [3.8, 4) is 5.75 Å². The lowest BCUT2D eigenvalue weighted by molar-refractivity contribution is 0.102. The van der Waals surface area contributed by atoms with Gasteiger partial charge >= 0.3 is 0 Å². The second-order valence-electron chi connectivity index (χ2n) is 5.00. The van der Waals surface area contributed by atoms with Crippen molar-refractivity contribution in [1.82, 2.24) is 15.2 Å². The number of para-hydroxylation sites is 1. The Morgan fingerprint density at radius 3 is 2.72 bits per heavy atom. The van der Waals surface area contributed by atoms with Gasteiger partial charge in [0.05, 0.1) is 5.75 Å². The maximum absolute atomic E-state index is 13.5. The van der Waals surface area contributed by atoms with E-state index in [9.17, 15) is 9.18 Å². The van der Waals surface area contributed by atoms with Crippen molar-refractivity contribution in [3.63, 3.8) is 0 Å². The van der Waals surface area contributed by atoms with Crippen LogP contribution in [0.25, 0.3) is 0 Å². The Labute approximate surface area is 156 Å². The minimum Gasteiger partial charge on any atom is -0.483 e. The Morgan fingerprint density at radius 2 is 1.96 bits per heavy atom. The Kier molecular flexibility index (Phi) is 5.83. The zero-order valence-electron chi connectivity index (χ0n) is 12.9. The fourth-order valence-electron chi connectivity index (χ4n) is 1.96. The number of ketones is 1. The Hall–Kier alpha value is -2.19. The van der Waals surface area contributed by atoms with E-state index in [1.165, 1.54) is 23.9 Å². The molecule has 3 rings (SSSR count). The monoisotopic (exact) mass is 421 g/mol. The number of hydrogen-bond donors (Lipinski definition) is 1. The van der Waals surface area contributed by atoms with Crippen molar-refractivity contribution in [2.24, 2.45) is 0 Å². The van der Waals surface area contributed by atoms with Crippen LogP contribution in [0, 0.1) is 5.82 Å². The van der Waals surface area contributed by atoms with Gasteiger partial charge in [-0.3, -0.25) is 9.89 Å². The summed E-state index contributed by atoms with van der Waals surface area (Å²) in [6, 6.07) is 13.3. The highest BCUT2D eigenvalue weighted by molar-refractivity contribution is 9.10. The highest BCUT2D eigenvalue weighted by Crippen LogP contribution is 2.19. The number of benzene rings is 2. The van der Waals surface area contributed by atoms with Gasteiger partial charge in [-0.1, -0.05) is 52.0 Å². The number of hydrogen-bond acceptors (Lipinski definition) is 5.